The number of hydrogen-bond acceptors (Lipinski definition) is 5. The first-order valence-electron chi connectivity index (χ1n) is 13.3. The molecule has 8 heteroatoms. The molecule has 1 N–H and O–H groups in total. The van der Waals surface area contributed by atoms with Crippen molar-refractivity contribution >= 4 is 51.7 Å². The van der Waals surface area contributed by atoms with E-state index in [-0.39, 0.29) is 11.3 Å². The molecule has 0 radical (unpaired) electrons. The van der Waals surface area contributed by atoms with E-state index >= 15 is 0 Å². The van der Waals surface area contributed by atoms with Gasteiger partial charge in [0.2, 0.25) is 0 Å². The Morgan fingerprint density at radius 2 is 2.02 bits per heavy atom. The molecule has 1 atom stereocenters. The molecule has 1 aliphatic carbocycles. The van der Waals surface area contributed by atoms with Gasteiger partial charge in [0.1, 0.15) is 23.1 Å². The van der Waals surface area contributed by atoms with Crippen LogP contribution in [0.15, 0.2) is 70.3 Å². The van der Waals surface area contributed by atoms with Crippen molar-refractivity contribution in [2.24, 2.45) is 16.3 Å². The van der Waals surface area contributed by atoms with Crippen molar-refractivity contribution in [1.82, 2.24) is 5.32 Å². The molecule has 1 amide bonds. The topological polar surface area (TPSA) is 63.8 Å². The van der Waals surface area contributed by atoms with Crippen molar-refractivity contribution in [2.45, 2.75) is 53.2 Å². The number of carbonyl (C=O) groups is 1. The molecule has 40 heavy (non-hydrogen) atoms. The second-order valence-corrected chi connectivity index (χ2v) is 13.0. The Morgan fingerprint density at radius 1 is 1.18 bits per heavy atom. The van der Waals surface area contributed by atoms with Gasteiger partial charge >= 0.3 is 0 Å². The van der Waals surface area contributed by atoms with Gasteiger partial charge in [0, 0.05) is 26.7 Å². The number of thiophene rings is 1. The molecule has 2 aromatic carbocycles. The Bertz CT molecular complexity index is 1520. The molecular weight excluding hydrogens is 563 g/mol. The minimum Gasteiger partial charge on any atom is -0.489 e. The number of aliphatic imine (C=N–C) groups is 1. The van der Waals surface area contributed by atoms with Gasteiger partial charge in [0.25, 0.3) is 5.91 Å². The summed E-state index contributed by atoms with van der Waals surface area (Å²) in [7, 11) is 0. The average Bonchev–Trinajstić information content (AvgIpc) is 3.57. The molecule has 2 heterocycles. The van der Waals surface area contributed by atoms with E-state index < -0.39 is 0 Å². The number of fused-ring (bicyclic) bond motifs is 1. The molecule has 0 fully saturated rings. The molecule has 4 aromatic rings. The SMILES string of the molecule is CC(C)(C)[C@H]1CCc2c(sc(N=Cc3cccc(OCc4ccc(Cl)cc4Cl)c3)c2C(=O)NCc2ccco2)C1. The monoisotopic (exact) mass is 594 g/mol. The normalized spacial score (nSPS) is 15.3. The van der Waals surface area contributed by atoms with Gasteiger partial charge in [-0.3, -0.25) is 4.79 Å². The summed E-state index contributed by atoms with van der Waals surface area (Å²) in [5.41, 5.74) is 3.75. The number of hydrogen-bond donors (Lipinski definition) is 1. The Hall–Kier alpha value is -3.06. The van der Waals surface area contributed by atoms with Crippen LogP contribution in [0.5, 0.6) is 5.75 Å². The Balaban J connectivity index is 1.37. The summed E-state index contributed by atoms with van der Waals surface area (Å²) in [6.45, 7) is 7.54. The largest absolute Gasteiger partial charge is 0.489 e. The van der Waals surface area contributed by atoms with E-state index in [1.807, 2.05) is 42.5 Å². The summed E-state index contributed by atoms with van der Waals surface area (Å²) in [4.78, 5) is 19.5. The number of ether oxygens (including phenoxy) is 1. The zero-order valence-corrected chi connectivity index (χ0v) is 25.1. The van der Waals surface area contributed by atoms with Crippen LogP contribution < -0.4 is 10.1 Å². The van der Waals surface area contributed by atoms with Crippen molar-refractivity contribution in [3.63, 3.8) is 0 Å². The lowest BCUT2D eigenvalue weighted by Crippen LogP contribution is -2.28. The molecule has 0 unspecified atom stereocenters. The molecule has 0 bridgehead atoms. The molecular formula is C32H32Cl2N2O3S. The van der Waals surface area contributed by atoms with Gasteiger partial charge in [0.05, 0.1) is 18.4 Å². The van der Waals surface area contributed by atoms with Gasteiger partial charge in [-0.2, -0.15) is 0 Å². The zero-order valence-electron chi connectivity index (χ0n) is 22.8. The minimum absolute atomic E-state index is 0.118. The summed E-state index contributed by atoms with van der Waals surface area (Å²) in [6, 6.07) is 16.7. The third-order valence-electron chi connectivity index (χ3n) is 7.30. The van der Waals surface area contributed by atoms with Gasteiger partial charge in [-0.05, 0) is 78.1 Å². The molecule has 208 valence electrons. The van der Waals surface area contributed by atoms with Crippen molar-refractivity contribution in [2.75, 3.05) is 0 Å². The highest BCUT2D eigenvalue weighted by Crippen LogP contribution is 2.45. The van der Waals surface area contributed by atoms with Crippen LogP contribution in [-0.2, 0) is 26.0 Å². The van der Waals surface area contributed by atoms with E-state index in [4.69, 9.17) is 37.3 Å². The predicted molar refractivity (Wildman–Crippen MR) is 164 cm³/mol. The number of amides is 1. The van der Waals surface area contributed by atoms with Gasteiger partial charge in [-0.25, -0.2) is 4.99 Å². The highest BCUT2D eigenvalue weighted by molar-refractivity contribution is 7.16. The number of nitrogens with one attached hydrogen (secondary N) is 1. The van der Waals surface area contributed by atoms with Crippen LogP contribution in [0.2, 0.25) is 10.0 Å². The van der Waals surface area contributed by atoms with E-state index in [2.05, 4.69) is 26.1 Å². The maximum absolute atomic E-state index is 13.4. The Morgan fingerprint density at radius 3 is 2.77 bits per heavy atom. The number of furan rings is 1. The van der Waals surface area contributed by atoms with E-state index in [0.717, 1.165) is 41.0 Å². The van der Waals surface area contributed by atoms with Crippen LogP contribution in [-0.4, -0.2) is 12.1 Å². The molecule has 0 saturated carbocycles. The maximum atomic E-state index is 13.4. The third kappa shape index (κ3) is 6.80. The fourth-order valence-electron chi connectivity index (χ4n) is 4.92. The number of nitrogens with zero attached hydrogens (tertiary/aromatic N) is 1. The quantitative estimate of drug-likeness (QED) is 0.207. The summed E-state index contributed by atoms with van der Waals surface area (Å²) < 4.78 is 11.4. The maximum Gasteiger partial charge on any atom is 0.255 e. The molecule has 5 rings (SSSR count). The van der Waals surface area contributed by atoms with Crippen LogP contribution in [0.1, 0.15) is 64.9 Å². The highest BCUT2D eigenvalue weighted by atomic mass is 35.5. The van der Waals surface area contributed by atoms with Gasteiger partial charge in [-0.15, -0.1) is 11.3 Å². The van der Waals surface area contributed by atoms with Crippen molar-refractivity contribution < 1.29 is 13.9 Å². The summed E-state index contributed by atoms with van der Waals surface area (Å²) in [5, 5.41) is 4.92. The summed E-state index contributed by atoms with van der Waals surface area (Å²) in [6.07, 6.45) is 6.31. The van der Waals surface area contributed by atoms with E-state index in [0.29, 0.717) is 46.2 Å². The number of rotatable bonds is 8. The molecule has 2 aromatic heterocycles. The minimum atomic E-state index is -0.118. The number of halogens is 2. The average molecular weight is 596 g/mol. The fourth-order valence-corrected chi connectivity index (χ4v) is 6.65. The summed E-state index contributed by atoms with van der Waals surface area (Å²) >= 11 is 13.9. The van der Waals surface area contributed by atoms with Gasteiger partial charge in [-0.1, -0.05) is 62.2 Å². The van der Waals surface area contributed by atoms with E-state index in [1.165, 1.54) is 4.88 Å². The number of carbonyl (C=O) groups excluding carboxylic acids is 1. The molecule has 1 aliphatic rings. The molecule has 0 saturated heterocycles. The number of benzene rings is 2. The second kappa shape index (κ2) is 12.2. The van der Waals surface area contributed by atoms with E-state index in [9.17, 15) is 4.79 Å². The first kappa shape index (κ1) is 28.5. The van der Waals surface area contributed by atoms with Crippen LogP contribution in [0, 0.1) is 11.3 Å². The van der Waals surface area contributed by atoms with Crippen LogP contribution in [0.3, 0.4) is 0 Å². The Kier molecular flexibility index (Phi) is 8.69. The van der Waals surface area contributed by atoms with Crippen molar-refractivity contribution in [1.29, 1.82) is 0 Å². The fraction of sp³-hybridized carbons (Fsp3) is 0.312. The molecule has 0 aliphatic heterocycles. The highest BCUT2D eigenvalue weighted by Gasteiger charge is 2.33. The van der Waals surface area contributed by atoms with Crippen molar-refractivity contribution in [3.05, 3.63) is 104 Å². The van der Waals surface area contributed by atoms with Gasteiger partial charge in [0.15, 0.2) is 0 Å². The summed E-state index contributed by atoms with van der Waals surface area (Å²) in [5.74, 6) is 1.86. The Labute approximate surface area is 249 Å². The molecule has 0 spiro atoms. The molecule has 5 nitrogen and oxygen atoms in total. The van der Waals surface area contributed by atoms with Crippen LogP contribution in [0.25, 0.3) is 0 Å². The predicted octanol–water partition coefficient (Wildman–Crippen LogP) is 9.06. The lowest BCUT2D eigenvalue weighted by Gasteiger charge is -2.33. The first-order chi connectivity index (χ1) is 19.2. The first-order valence-corrected chi connectivity index (χ1v) is 14.9. The lowest BCUT2D eigenvalue weighted by atomic mass is 9.72. The standard InChI is InChI=1S/C32H32Cl2N2O3S/c1-32(2,3)22-10-12-26-28(15-22)40-31(29(26)30(37)35-18-25-8-5-13-38-25)36-17-20-6-4-7-24(14-20)39-19-21-9-11-23(33)16-27(21)34/h4-9,11,13-14,16-17,22H,10,12,15,18-19H2,1-3H3,(H,35,37)/t22-/m0/s1. The van der Waals surface area contributed by atoms with Gasteiger partial charge < -0.3 is 14.5 Å². The zero-order chi connectivity index (χ0) is 28.3. The van der Waals surface area contributed by atoms with Crippen LogP contribution >= 0.6 is 34.5 Å². The van der Waals surface area contributed by atoms with E-state index in [1.54, 1.807) is 35.9 Å². The lowest BCUT2D eigenvalue weighted by molar-refractivity contribution is 0.0947. The van der Waals surface area contributed by atoms with Crippen molar-refractivity contribution in [3.8, 4) is 5.75 Å². The second-order valence-electron chi connectivity index (χ2n) is 11.1. The smallest absolute Gasteiger partial charge is 0.255 e. The third-order valence-corrected chi connectivity index (χ3v) is 9.05. The van der Waals surface area contributed by atoms with Crippen LogP contribution in [0.4, 0.5) is 5.00 Å².